The molecule has 0 amide bonds. The van der Waals surface area contributed by atoms with E-state index in [1.807, 2.05) is 43.3 Å². The Kier molecular flexibility index (Phi) is 3.48. The molecule has 7 nitrogen and oxygen atoms in total. The van der Waals surface area contributed by atoms with Gasteiger partial charge in [0.25, 0.3) is 11.1 Å². The molecule has 3 heterocycles. The molecule has 7 heteroatoms. The lowest BCUT2D eigenvalue weighted by Gasteiger charge is -1.99. The van der Waals surface area contributed by atoms with Gasteiger partial charge in [-0.2, -0.15) is 9.61 Å². The van der Waals surface area contributed by atoms with Gasteiger partial charge in [-0.15, -0.1) is 0 Å². The van der Waals surface area contributed by atoms with Crippen LogP contribution in [0, 0.1) is 6.92 Å². The van der Waals surface area contributed by atoms with Crippen molar-refractivity contribution < 1.29 is 0 Å². The van der Waals surface area contributed by atoms with Gasteiger partial charge in [0, 0.05) is 10.9 Å². The van der Waals surface area contributed by atoms with Gasteiger partial charge in [-0.3, -0.25) is 14.7 Å². The van der Waals surface area contributed by atoms with Gasteiger partial charge in [-0.05, 0) is 37.3 Å². The second-order valence-electron chi connectivity index (χ2n) is 6.54. The monoisotopic (exact) mass is 369 g/mol. The summed E-state index contributed by atoms with van der Waals surface area (Å²) in [5, 5.41) is 8.40. The number of nitrogens with zero attached hydrogens (tertiary/aromatic N) is 4. The van der Waals surface area contributed by atoms with Crippen LogP contribution < -0.4 is 16.3 Å². The number of hydrogen-bond donors (Lipinski definition) is 1. The van der Waals surface area contributed by atoms with Gasteiger partial charge in [0.2, 0.25) is 0 Å². The summed E-state index contributed by atoms with van der Waals surface area (Å²) >= 11 is 0. The second kappa shape index (κ2) is 6.02. The predicted molar refractivity (Wildman–Crippen MR) is 107 cm³/mol. The largest absolute Gasteiger partial charge is 0.295 e. The summed E-state index contributed by atoms with van der Waals surface area (Å²) in [5.41, 5.74) is 2.59. The van der Waals surface area contributed by atoms with Crippen molar-refractivity contribution in [2.45, 2.75) is 6.92 Å². The quantitative estimate of drug-likeness (QED) is 0.512. The summed E-state index contributed by atoms with van der Waals surface area (Å²) < 4.78 is 2.76. The Labute approximate surface area is 158 Å². The number of aromatic amines is 1. The van der Waals surface area contributed by atoms with Crippen LogP contribution in [0.15, 0.2) is 70.4 Å². The van der Waals surface area contributed by atoms with E-state index in [0.717, 1.165) is 11.4 Å². The fraction of sp³-hybridized carbons (Fsp3) is 0.0476. The highest BCUT2D eigenvalue weighted by molar-refractivity contribution is 5.79. The molecule has 28 heavy (non-hydrogen) atoms. The van der Waals surface area contributed by atoms with Crippen molar-refractivity contribution in [2.75, 3.05) is 0 Å². The Morgan fingerprint density at radius 3 is 2.54 bits per heavy atom. The Bertz CT molecular complexity index is 1510. The van der Waals surface area contributed by atoms with Crippen molar-refractivity contribution >= 4 is 22.6 Å². The molecule has 0 unspecified atom stereocenters. The number of benzene rings is 2. The van der Waals surface area contributed by atoms with Gasteiger partial charge in [0.05, 0.1) is 28.4 Å². The van der Waals surface area contributed by atoms with Gasteiger partial charge in [0.1, 0.15) is 0 Å². The van der Waals surface area contributed by atoms with E-state index in [1.54, 1.807) is 30.5 Å². The molecule has 0 saturated carbocycles. The number of fused-ring (bicyclic) bond motifs is 2. The molecule has 0 fully saturated rings. The van der Waals surface area contributed by atoms with E-state index in [4.69, 9.17) is 0 Å². The van der Waals surface area contributed by atoms with E-state index in [9.17, 15) is 9.59 Å². The Morgan fingerprint density at radius 2 is 1.71 bits per heavy atom. The summed E-state index contributed by atoms with van der Waals surface area (Å²) in [5.74, 6) is 0. The lowest BCUT2D eigenvalue weighted by molar-refractivity contribution is 0.835. The minimum Gasteiger partial charge on any atom is -0.295 e. The molecule has 5 aromatic rings. The first-order chi connectivity index (χ1) is 13.6. The number of aromatic nitrogens is 5. The number of aryl methyl sites for hydroxylation is 1. The molecular weight excluding hydrogens is 354 g/mol. The van der Waals surface area contributed by atoms with Crippen molar-refractivity contribution in [2.24, 2.45) is 0 Å². The number of para-hydroxylation sites is 2. The number of rotatable bonds is 2. The summed E-state index contributed by atoms with van der Waals surface area (Å²) in [6.45, 7) is 1.83. The zero-order chi connectivity index (χ0) is 19.3. The van der Waals surface area contributed by atoms with E-state index in [1.165, 1.54) is 9.20 Å². The van der Waals surface area contributed by atoms with E-state index in [2.05, 4.69) is 15.2 Å². The van der Waals surface area contributed by atoms with Gasteiger partial charge in [-0.1, -0.05) is 30.3 Å². The predicted octanol–water partition coefficient (Wildman–Crippen LogP) is 1.58. The van der Waals surface area contributed by atoms with Gasteiger partial charge < -0.3 is 0 Å². The maximum absolute atomic E-state index is 12.9. The lowest BCUT2D eigenvalue weighted by atomic mass is 10.2. The molecule has 0 aliphatic rings. The number of H-pyrrole nitrogens is 1. The minimum atomic E-state index is -0.229. The van der Waals surface area contributed by atoms with E-state index in [0.29, 0.717) is 27.3 Å². The number of hydrogen-bond acceptors (Lipinski definition) is 4. The van der Waals surface area contributed by atoms with Gasteiger partial charge in [0.15, 0.2) is 5.65 Å². The molecule has 0 spiro atoms. The first kappa shape index (κ1) is 16.2. The third-order valence-corrected chi connectivity index (χ3v) is 4.76. The normalized spacial score (nSPS) is 12.2. The maximum atomic E-state index is 12.9. The summed E-state index contributed by atoms with van der Waals surface area (Å²) in [6, 6.07) is 16.5. The SMILES string of the molecule is Cc1[nH]n(-c2ccccc2)c(=O)c1/C=c1\cnn2c(=O)c3ccccc3nc12. The van der Waals surface area contributed by atoms with Crippen LogP contribution in [0.25, 0.3) is 28.3 Å². The average molecular weight is 369 g/mol. The molecule has 0 aliphatic carbocycles. The second-order valence-corrected chi connectivity index (χ2v) is 6.54. The maximum Gasteiger partial charge on any atom is 0.282 e. The molecule has 3 aromatic heterocycles. The standard InChI is InChI=1S/C21H15N5O2/c1-13-17(21(28)25(24-13)15-7-3-2-4-8-15)11-14-12-22-26-19(14)23-18-10-6-5-9-16(18)20(26)27/h2-12,24H,1H3/b14-11+. The van der Waals surface area contributed by atoms with Crippen LogP contribution >= 0.6 is 0 Å². The number of nitrogens with one attached hydrogen (secondary N) is 1. The molecular formula is C21H15N5O2. The topological polar surface area (TPSA) is 85.0 Å². The highest BCUT2D eigenvalue weighted by atomic mass is 16.1. The van der Waals surface area contributed by atoms with Crippen molar-refractivity contribution in [1.29, 1.82) is 0 Å². The summed E-state index contributed by atoms with van der Waals surface area (Å²) in [4.78, 5) is 30.1. The van der Waals surface area contributed by atoms with Crippen LogP contribution in [0.5, 0.6) is 0 Å². The van der Waals surface area contributed by atoms with Crippen molar-refractivity contribution in [3.63, 3.8) is 0 Å². The van der Waals surface area contributed by atoms with Crippen LogP contribution in [-0.4, -0.2) is 24.4 Å². The molecule has 5 rings (SSSR count). The summed E-state index contributed by atoms with van der Waals surface area (Å²) in [6.07, 6.45) is 3.28. The van der Waals surface area contributed by atoms with Crippen LogP contribution in [0.2, 0.25) is 0 Å². The highest BCUT2D eigenvalue weighted by Gasteiger charge is 2.12. The Hall–Kier alpha value is -4.00. The average Bonchev–Trinajstić information content (AvgIpc) is 3.25. The molecule has 136 valence electrons. The molecule has 0 atom stereocenters. The van der Waals surface area contributed by atoms with Crippen LogP contribution in [0.3, 0.4) is 0 Å². The highest BCUT2D eigenvalue weighted by Crippen LogP contribution is 2.09. The van der Waals surface area contributed by atoms with Crippen LogP contribution in [0.4, 0.5) is 0 Å². The Morgan fingerprint density at radius 1 is 0.964 bits per heavy atom. The molecule has 0 saturated heterocycles. The zero-order valence-electron chi connectivity index (χ0n) is 15.0. The third-order valence-electron chi connectivity index (χ3n) is 4.76. The third kappa shape index (κ3) is 2.37. The van der Waals surface area contributed by atoms with Crippen LogP contribution in [-0.2, 0) is 0 Å². The molecule has 0 radical (unpaired) electrons. The van der Waals surface area contributed by atoms with Crippen molar-refractivity contribution in [1.82, 2.24) is 24.4 Å². The first-order valence-electron chi connectivity index (χ1n) is 8.79. The van der Waals surface area contributed by atoms with Gasteiger partial charge >= 0.3 is 0 Å². The van der Waals surface area contributed by atoms with Gasteiger partial charge in [-0.25, -0.2) is 9.67 Å². The van der Waals surface area contributed by atoms with Crippen LogP contribution in [0.1, 0.15) is 11.3 Å². The van der Waals surface area contributed by atoms with E-state index < -0.39 is 0 Å². The van der Waals surface area contributed by atoms with Crippen molar-refractivity contribution in [3.05, 3.63) is 98.0 Å². The lowest BCUT2D eigenvalue weighted by Crippen LogP contribution is -2.18. The fourth-order valence-corrected chi connectivity index (χ4v) is 3.34. The summed E-state index contributed by atoms with van der Waals surface area (Å²) in [7, 11) is 0. The molecule has 2 aromatic carbocycles. The van der Waals surface area contributed by atoms with Crippen molar-refractivity contribution in [3.8, 4) is 5.69 Å². The van der Waals surface area contributed by atoms with E-state index >= 15 is 0 Å². The molecule has 0 aliphatic heterocycles. The minimum absolute atomic E-state index is 0.175. The smallest absolute Gasteiger partial charge is 0.282 e. The fourth-order valence-electron chi connectivity index (χ4n) is 3.34. The first-order valence-corrected chi connectivity index (χ1v) is 8.79. The molecule has 0 bridgehead atoms. The Balaban J connectivity index is 1.77. The molecule has 1 N–H and O–H groups in total. The van der Waals surface area contributed by atoms with E-state index in [-0.39, 0.29) is 11.1 Å². The zero-order valence-corrected chi connectivity index (χ0v) is 15.0.